The molecule has 0 unspecified atom stereocenters. The molecule has 35 heavy (non-hydrogen) atoms. The van der Waals surface area contributed by atoms with Gasteiger partial charge < -0.3 is 10.0 Å². The first kappa shape index (κ1) is 23.1. The Morgan fingerprint density at radius 1 is 0.943 bits per heavy atom. The number of aliphatic carboxylic acids is 1. The maximum atomic E-state index is 12.7. The van der Waals surface area contributed by atoms with Gasteiger partial charge in [-0.2, -0.15) is 0 Å². The summed E-state index contributed by atoms with van der Waals surface area (Å²) < 4.78 is 0.263. The number of thiocarbonyl (C=S) groups is 1. The van der Waals surface area contributed by atoms with Crippen molar-refractivity contribution in [3.63, 3.8) is 0 Å². The fourth-order valence-corrected chi connectivity index (χ4v) is 5.58. The van der Waals surface area contributed by atoms with Gasteiger partial charge in [0.2, 0.25) is 0 Å². The van der Waals surface area contributed by atoms with E-state index in [0.29, 0.717) is 4.91 Å². The van der Waals surface area contributed by atoms with Crippen molar-refractivity contribution in [2.45, 2.75) is 0 Å². The lowest BCUT2D eigenvalue weighted by atomic mass is 9.99. The highest BCUT2D eigenvalue weighted by Crippen LogP contribution is 2.45. The highest BCUT2D eigenvalue weighted by molar-refractivity contribution is 8.26. The van der Waals surface area contributed by atoms with Crippen molar-refractivity contribution in [1.82, 2.24) is 4.90 Å². The number of amides is 1. The standard InChI is InChI=1S/C28H22N2O3S2/c1-29(2)19-10-7-17(8-11-19)13-23-21-6-4-3-5-20(21)22-12-9-18(14-24(22)23)15-25-27(33)30(16-26(31)32)28(34)35-25/h3-15H,16H2,1-2H3,(H,31,32)/b23-13?,25-15-. The number of nitrogens with zero attached hydrogens (tertiary/aromatic N) is 2. The van der Waals surface area contributed by atoms with E-state index >= 15 is 0 Å². The quantitative estimate of drug-likeness (QED) is 0.285. The Kier molecular flexibility index (Phi) is 6.05. The highest BCUT2D eigenvalue weighted by Gasteiger charge is 2.33. The van der Waals surface area contributed by atoms with E-state index in [-0.39, 0.29) is 10.2 Å². The number of benzene rings is 3. The second kappa shape index (κ2) is 9.17. The fraction of sp³-hybridized carbons (Fsp3) is 0.107. The van der Waals surface area contributed by atoms with Gasteiger partial charge in [-0.05, 0) is 69.3 Å². The van der Waals surface area contributed by atoms with E-state index in [0.717, 1.165) is 50.2 Å². The number of carboxylic acids is 1. The molecule has 0 saturated carbocycles. The zero-order valence-electron chi connectivity index (χ0n) is 19.2. The van der Waals surface area contributed by atoms with Gasteiger partial charge >= 0.3 is 5.97 Å². The molecule has 0 radical (unpaired) electrons. The van der Waals surface area contributed by atoms with E-state index in [1.807, 2.05) is 32.3 Å². The van der Waals surface area contributed by atoms with Gasteiger partial charge in [-0.15, -0.1) is 0 Å². The summed E-state index contributed by atoms with van der Waals surface area (Å²) in [4.78, 5) is 27.4. The molecule has 1 amide bonds. The predicted octanol–water partition coefficient (Wildman–Crippen LogP) is 5.61. The molecule has 1 saturated heterocycles. The summed E-state index contributed by atoms with van der Waals surface area (Å²) in [7, 11) is 4.04. The summed E-state index contributed by atoms with van der Waals surface area (Å²) in [6, 6.07) is 22.9. The smallest absolute Gasteiger partial charge is 0.323 e. The average molecular weight is 499 g/mol. The number of anilines is 1. The van der Waals surface area contributed by atoms with Crippen LogP contribution in [0.4, 0.5) is 5.69 Å². The molecule has 1 aliphatic heterocycles. The van der Waals surface area contributed by atoms with E-state index in [9.17, 15) is 9.59 Å². The van der Waals surface area contributed by atoms with Gasteiger partial charge in [0, 0.05) is 19.8 Å². The van der Waals surface area contributed by atoms with Crippen LogP contribution in [-0.4, -0.2) is 46.8 Å². The molecule has 3 aromatic carbocycles. The predicted molar refractivity (Wildman–Crippen MR) is 147 cm³/mol. The summed E-state index contributed by atoms with van der Waals surface area (Å²) in [5.41, 5.74) is 8.82. The molecule has 1 fully saturated rings. The van der Waals surface area contributed by atoms with Crippen LogP contribution in [0.3, 0.4) is 0 Å². The summed E-state index contributed by atoms with van der Waals surface area (Å²) in [6.07, 6.45) is 3.98. The van der Waals surface area contributed by atoms with Gasteiger partial charge in [0.1, 0.15) is 10.9 Å². The Labute approximate surface area is 213 Å². The monoisotopic (exact) mass is 498 g/mol. The lowest BCUT2D eigenvalue weighted by Gasteiger charge is -2.12. The molecule has 7 heteroatoms. The van der Waals surface area contributed by atoms with E-state index in [4.69, 9.17) is 17.3 Å². The van der Waals surface area contributed by atoms with Crippen molar-refractivity contribution in [2.24, 2.45) is 0 Å². The van der Waals surface area contributed by atoms with E-state index < -0.39 is 12.5 Å². The Morgan fingerprint density at radius 3 is 2.29 bits per heavy atom. The van der Waals surface area contributed by atoms with Gasteiger partial charge in [-0.25, -0.2) is 0 Å². The third kappa shape index (κ3) is 4.40. The average Bonchev–Trinajstić information content (AvgIpc) is 3.28. The van der Waals surface area contributed by atoms with Gasteiger partial charge in [0.05, 0.1) is 4.91 Å². The third-order valence-corrected chi connectivity index (χ3v) is 7.40. The minimum atomic E-state index is -1.09. The van der Waals surface area contributed by atoms with Crippen molar-refractivity contribution in [2.75, 3.05) is 25.5 Å². The van der Waals surface area contributed by atoms with Crippen molar-refractivity contribution in [3.8, 4) is 11.1 Å². The first-order valence-electron chi connectivity index (χ1n) is 11.0. The third-order valence-electron chi connectivity index (χ3n) is 6.03. The van der Waals surface area contributed by atoms with Crippen LogP contribution < -0.4 is 4.90 Å². The second-order valence-electron chi connectivity index (χ2n) is 8.56. The minimum absolute atomic E-state index is 0.263. The molecule has 0 bridgehead atoms. The van der Waals surface area contributed by atoms with E-state index in [2.05, 4.69) is 59.5 Å². The van der Waals surface area contributed by atoms with E-state index in [1.165, 1.54) is 11.1 Å². The van der Waals surface area contributed by atoms with Crippen molar-refractivity contribution < 1.29 is 14.7 Å². The molecule has 0 spiro atoms. The van der Waals surface area contributed by atoms with Gasteiger partial charge in [0.15, 0.2) is 0 Å². The summed E-state index contributed by atoms with van der Waals surface area (Å²) in [5.74, 6) is -1.46. The molecular formula is C28H22N2O3S2. The number of rotatable bonds is 5. The molecule has 5 nitrogen and oxygen atoms in total. The number of hydrogen-bond donors (Lipinski definition) is 1. The Bertz CT molecular complexity index is 1440. The summed E-state index contributed by atoms with van der Waals surface area (Å²) in [5, 5.41) is 9.08. The normalized spacial score (nSPS) is 16.7. The number of carboxylic acid groups (broad SMARTS) is 1. The molecule has 1 aliphatic carbocycles. The van der Waals surface area contributed by atoms with Crippen molar-refractivity contribution >= 4 is 63.6 Å². The largest absolute Gasteiger partial charge is 0.480 e. The maximum absolute atomic E-state index is 12.7. The van der Waals surface area contributed by atoms with Gasteiger partial charge in [0.25, 0.3) is 5.91 Å². The lowest BCUT2D eigenvalue weighted by Crippen LogP contribution is -2.33. The Balaban J connectivity index is 1.55. The molecule has 0 aromatic heterocycles. The Morgan fingerprint density at radius 2 is 1.60 bits per heavy atom. The van der Waals surface area contributed by atoms with Crippen LogP contribution in [0.5, 0.6) is 0 Å². The molecule has 1 N–H and O–H groups in total. The number of thioether (sulfide) groups is 1. The molecule has 5 rings (SSSR count). The van der Waals surface area contributed by atoms with Crippen LogP contribution in [0, 0.1) is 0 Å². The zero-order chi connectivity index (χ0) is 24.7. The first-order valence-corrected chi connectivity index (χ1v) is 12.2. The molecule has 1 heterocycles. The SMILES string of the molecule is CN(C)c1ccc(C=C2c3ccccc3-c3ccc(/C=C4\SC(=S)N(CC(=O)O)C4=O)cc32)cc1. The van der Waals surface area contributed by atoms with Crippen LogP contribution in [0.25, 0.3) is 28.9 Å². The number of hydrogen-bond acceptors (Lipinski definition) is 5. The fourth-order valence-electron chi connectivity index (χ4n) is 4.32. The van der Waals surface area contributed by atoms with Crippen LogP contribution in [0.15, 0.2) is 71.6 Å². The molecular weight excluding hydrogens is 476 g/mol. The van der Waals surface area contributed by atoms with Crippen LogP contribution in [0.2, 0.25) is 0 Å². The van der Waals surface area contributed by atoms with E-state index in [1.54, 1.807) is 6.08 Å². The summed E-state index contributed by atoms with van der Waals surface area (Å²) in [6.45, 7) is -0.430. The molecule has 2 aliphatic rings. The zero-order valence-corrected chi connectivity index (χ0v) is 20.8. The molecule has 0 atom stereocenters. The minimum Gasteiger partial charge on any atom is -0.480 e. The first-order chi connectivity index (χ1) is 16.8. The van der Waals surface area contributed by atoms with Crippen LogP contribution in [-0.2, 0) is 9.59 Å². The second-order valence-corrected chi connectivity index (χ2v) is 10.2. The van der Waals surface area contributed by atoms with Crippen LogP contribution >= 0.6 is 24.0 Å². The lowest BCUT2D eigenvalue weighted by molar-refractivity contribution is -0.140. The molecule has 3 aromatic rings. The van der Waals surface area contributed by atoms with Gasteiger partial charge in [-0.3, -0.25) is 14.5 Å². The Hall–Kier alpha value is -3.68. The van der Waals surface area contributed by atoms with Crippen molar-refractivity contribution in [3.05, 3.63) is 93.9 Å². The topological polar surface area (TPSA) is 60.9 Å². The summed E-state index contributed by atoms with van der Waals surface area (Å²) >= 11 is 6.36. The van der Waals surface area contributed by atoms with Crippen molar-refractivity contribution in [1.29, 1.82) is 0 Å². The number of carbonyl (C=O) groups is 2. The number of carbonyl (C=O) groups excluding carboxylic acids is 1. The number of fused-ring (bicyclic) bond motifs is 3. The highest BCUT2D eigenvalue weighted by atomic mass is 32.2. The van der Waals surface area contributed by atoms with Crippen LogP contribution in [0.1, 0.15) is 22.3 Å². The van der Waals surface area contributed by atoms with Gasteiger partial charge in [-0.1, -0.05) is 72.5 Å². The maximum Gasteiger partial charge on any atom is 0.323 e. The molecule has 174 valence electrons.